The van der Waals surface area contributed by atoms with Crippen LogP contribution < -0.4 is 24.2 Å². The molecule has 0 unspecified atom stereocenters. The van der Waals surface area contributed by atoms with Gasteiger partial charge in [-0.05, 0) is 57.2 Å². The molecule has 0 aliphatic heterocycles. The Morgan fingerprint density at radius 3 is 2.14 bits per heavy atom. The van der Waals surface area contributed by atoms with E-state index in [0.29, 0.717) is 22.9 Å². The molecule has 1 amide bonds. The van der Waals surface area contributed by atoms with Crippen molar-refractivity contribution >= 4 is 21.6 Å². The standard InChI is InChI=1S/C20H26N2O6S/c1-20(2,3)22-29(24,25)16-9-7-15(8-10-16)28-13-19(23)21-14-6-11-17(26-4)18(12-14)27-5/h6-12,22H,13H2,1-5H3,(H,21,23). The highest BCUT2D eigenvalue weighted by Gasteiger charge is 2.21. The first-order valence-corrected chi connectivity index (χ1v) is 10.3. The van der Waals surface area contributed by atoms with Crippen LogP contribution in [0.2, 0.25) is 0 Å². The smallest absolute Gasteiger partial charge is 0.262 e. The van der Waals surface area contributed by atoms with Crippen LogP contribution in [0.3, 0.4) is 0 Å². The first kappa shape index (κ1) is 22.5. The highest BCUT2D eigenvalue weighted by molar-refractivity contribution is 7.89. The van der Waals surface area contributed by atoms with Crippen LogP contribution in [0.4, 0.5) is 5.69 Å². The van der Waals surface area contributed by atoms with E-state index in [9.17, 15) is 13.2 Å². The Hall–Kier alpha value is -2.78. The first-order valence-electron chi connectivity index (χ1n) is 8.83. The Kier molecular flexibility index (Phi) is 7.10. The van der Waals surface area contributed by atoms with Gasteiger partial charge in [0.05, 0.1) is 19.1 Å². The Balaban J connectivity index is 1.95. The van der Waals surface area contributed by atoms with Crippen LogP contribution in [-0.4, -0.2) is 40.7 Å². The molecule has 0 fully saturated rings. The molecule has 158 valence electrons. The fourth-order valence-corrected chi connectivity index (χ4v) is 3.86. The van der Waals surface area contributed by atoms with Crippen molar-refractivity contribution in [3.8, 4) is 17.2 Å². The maximum Gasteiger partial charge on any atom is 0.262 e. The Bertz CT molecular complexity index is 950. The molecule has 9 heteroatoms. The van der Waals surface area contributed by atoms with Crippen LogP contribution in [-0.2, 0) is 14.8 Å². The summed E-state index contributed by atoms with van der Waals surface area (Å²) in [6.45, 7) is 5.05. The molecule has 8 nitrogen and oxygen atoms in total. The summed E-state index contributed by atoms with van der Waals surface area (Å²) in [7, 11) is -0.591. The van der Waals surface area contributed by atoms with Gasteiger partial charge in [-0.15, -0.1) is 0 Å². The van der Waals surface area contributed by atoms with Crippen LogP contribution in [0, 0.1) is 0 Å². The van der Waals surface area contributed by atoms with E-state index in [1.54, 1.807) is 39.0 Å². The number of hydrogen-bond donors (Lipinski definition) is 2. The van der Waals surface area contributed by atoms with E-state index in [2.05, 4.69) is 10.0 Å². The zero-order valence-electron chi connectivity index (χ0n) is 17.1. The van der Waals surface area contributed by atoms with Gasteiger partial charge < -0.3 is 19.5 Å². The van der Waals surface area contributed by atoms with Crippen LogP contribution in [0.5, 0.6) is 17.2 Å². The second-order valence-electron chi connectivity index (χ2n) is 7.23. The van der Waals surface area contributed by atoms with Gasteiger partial charge in [-0.1, -0.05) is 0 Å². The van der Waals surface area contributed by atoms with E-state index < -0.39 is 15.6 Å². The third-order valence-electron chi connectivity index (χ3n) is 3.61. The largest absolute Gasteiger partial charge is 0.493 e. The highest BCUT2D eigenvalue weighted by atomic mass is 32.2. The average molecular weight is 423 g/mol. The van der Waals surface area contributed by atoms with Crippen LogP contribution >= 0.6 is 0 Å². The monoisotopic (exact) mass is 422 g/mol. The normalized spacial score (nSPS) is 11.6. The van der Waals surface area contributed by atoms with Gasteiger partial charge in [0.25, 0.3) is 5.91 Å². The molecule has 0 heterocycles. The van der Waals surface area contributed by atoms with E-state index in [-0.39, 0.29) is 17.4 Å². The fourth-order valence-electron chi connectivity index (χ4n) is 2.44. The molecule has 2 N–H and O–H groups in total. The molecule has 0 spiro atoms. The molecular formula is C20H26N2O6S. The van der Waals surface area contributed by atoms with Gasteiger partial charge in [0.15, 0.2) is 18.1 Å². The summed E-state index contributed by atoms with van der Waals surface area (Å²) in [6.07, 6.45) is 0. The number of nitrogens with one attached hydrogen (secondary N) is 2. The van der Waals surface area contributed by atoms with Gasteiger partial charge in [0, 0.05) is 17.3 Å². The minimum atomic E-state index is -3.63. The molecule has 2 rings (SSSR count). The number of carbonyl (C=O) groups excluding carboxylic acids is 1. The molecule has 2 aromatic carbocycles. The Morgan fingerprint density at radius 2 is 1.59 bits per heavy atom. The number of hydrogen-bond acceptors (Lipinski definition) is 6. The minimum absolute atomic E-state index is 0.120. The summed E-state index contributed by atoms with van der Waals surface area (Å²) in [5.41, 5.74) is -0.0538. The molecule has 0 aliphatic carbocycles. The second-order valence-corrected chi connectivity index (χ2v) is 8.92. The minimum Gasteiger partial charge on any atom is -0.493 e. The molecule has 0 aliphatic rings. The lowest BCUT2D eigenvalue weighted by atomic mass is 10.1. The van der Waals surface area contributed by atoms with Crippen LogP contribution in [0.15, 0.2) is 47.4 Å². The van der Waals surface area contributed by atoms with E-state index in [0.717, 1.165) is 0 Å². The van der Waals surface area contributed by atoms with Crippen molar-refractivity contribution in [2.75, 3.05) is 26.1 Å². The van der Waals surface area contributed by atoms with E-state index >= 15 is 0 Å². The van der Waals surface area contributed by atoms with Crippen molar-refractivity contribution in [2.24, 2.45) is 0 Å². The predicted octanol–water partition coefficient (Wildman–Crippen LogP) is 2.80. The molecule has 29 heavy (non-hydrogen) atoms. The molecule has 0 aromatic heterocycles. The van der Waals surface area contributed by atoms with Crippen LogP contribution in [0.1, 0.15) is 20.8 Å². The molecule has 0 bridgehead atoms. The quantitative estimate of drug-likeness (QED) is 0.678. The Labute approximate surface area is 171 Å². The average Bonchev–Trinajstić information content (AvgIpc) is 2.64. The van der Waals surface area contributed by atoms with Crippen molar-refractivity contribution in [3.63, 3.8) is 0 Å². The summed E-state index contributed by atoms with van der Waals surface area (Å²) in [4.78, 5) is 12.2. The van der Waals surface area contributed by atoms with Crippen LogP contribution in [0.25, 0.3) is 0 Å². The maximum absolute atomic E-state index is 12.3. The van der Waals surface area contributed by atoms with E-state index in [1.807, 2.05) is 0 Å². The summed E-state index contributed by atoms with van der Waals surface area (Å²) < 4.78 is 42.9. The first-order chi connectivity index (χ1) is 13.5. The van der Waals surface area contributed by atoms with Gasteiger partial charge in [0.1, 0.15) is 5.75 Å². The van der Waals surface area contributed by atoms with Crippen molar-refractivity contribution in [2.45, 2.75) is 31.2 Å². The van der Waals surface area contributed by atoms with Crippen molar-refractivity contribution in [1.29, 1.82) is 0 Å². The summed E-state index contributed by atoms with van der Waals surface area (Å²) in [6, 6.07) is 10.9. The lowest BCUT2D eigenvalue weighted by molar-refractivity contribution is -0.118. The second kappa shape index (κ2) is 9.15. The summed E-state index contributed by atoms with van der Waals surface area (Å²) in [5.74, 6) is 1.05. The third kappa shape index (κ3) is 6.65. The zero-order chi connectivity index (χ0) is 21.7. The number of carbonyl (C=O) groups is 1. The number of benzene rings is 2. The SMILES string of the molecule is COc1ccc(NC(=O)COc2ccc(S(=O)(=O)NC(C)(C)C)cc2)cc1OC. The molecule has 0 atom stereocenters. The van der Waals surface area contributed by atoms with Gasteiger partial charge in [-0.25, -0.2) is 13.1 Å². The molecule has 0 radical (unpaired) electrons. The van der Waals surface area contributed by atoms with E-state index in [1.165, 1.54) is 38.5 Å². The number of sulfonamides is 1. The van der Waals surface area contributed by atoms with Gasteiger partial charge in [-0.2, -0.15) is 0 Å². The molecular weight excluding hydrogens is 396 g/mol. The van der Waals surface area contributed by atoms with Gasteiger partial charge in [0.2, 0.25) is 10.0 Å². The van der Waals surface area contributed by atoms with Gasteiger partial charge in [-0.3, -0.25) is 4.79 Å². The lowest BCUT2D eigenvalue weighted by Crippen LogP contribution is -2.40. The molecule has 2 aromatic rings. The maximum atomic E-state index is 12.3. The van der Waals surface area contributed by atoms with Crippen molar-refractivity contribution < 1.29 is 27.4 Å². The van der Waals surface area contributed by atoms with Crippen molar-refractivity contribution in [1.82, 2.24) is 4.72 Å². The number of ether oxygens (including phenoxy) is 3. The summed E-state index contributed by atoms with van der Waals surface area (Å²) >= 11 is 0. The lowest BCUT2D eigenvalue weighted by Gasteiger charge is -2.20. The Morgan fingerprint density at radius 1 is 0.966 bits per heavy atom. The third-order valence-corrected chi connectivity index (χ3v) is 5.39. The molecule has 0 saturated carbocycles. The number of anilines is 1. The number of amides is 1. The highest BCUT2D eigenvalue weighted by Crippen LogP contribution is 2.29. The summed E-state index contributed by atoms with van der Waals surface area (Å²) in [5, 5.41) is 2.69. The van der Waals surface area contributed by atoms with Crippen molar-refractivity contribution in [3.05, 3.63) is 42.5 Å². The number of rotatable bonds is 8. The molecule has 0 saturated heterocycles. The topological polar surface area (TPSA) is 103 Å². The zero-order valence-corrected chi connectivity index (χ0v) is 17.9. The van der Waals surface area contributed by atoms with E-state index in [4.69, 9.17) is 14.2 Å². The number of methoxy groups -OCH3 is 2. The fraction of sp³-hybridized carbons (Fsp3) is 0.350. The van der Waals surface area contributed by atoms with Gasteiger partial charge >= 0.3 is 0 Å². The predicted molar refractivity (Wildman–Crippen MR) is 110 cm³/mol.